The van der Waals surface area contributed by atoms with Crippen molar-refractivity contribution >= 4 is 11.7 Å². The van der Waals surface area contributed by atoms with E-state index in [1.165, 1.54) is 0 Å². The first-order valence-corrected chi connectivity index (χ1v) is 7.26. The number of carbonyl (C=O) groups excluding carboxylic acids is 1. The second-order valence-electron chi connectivity index (χ2n) is 5.71. The van der Waals surface area contributed by atoms with Crippen molar-refractivity contribution in [3.05, 3.63) is 12.3 Å². The lowest BCUT2D eigenvalue weighted by Gasteiger charge is -2.16. The Kier molecular flexibility index (Phi) is 5.14. The first kappa shape index (κ1) is 15.0. The molecule has 1 aromatic heterocycles. The molecule has 20 heavy (non-hydrogen) atoms. The molecule has 1 saturated heterocycles. The molecule has 6 heteroatoms. The van der Waals surface area contributed by atoms with Crippen molar-refractivity contribution < 1.29 is 9.90 Å². The zero-order valence-corrected chi connectivity index (χ0v) is 12.2. The Balaban J connectivity index is 1.82. The average molecular weight is 280 g/mol. The smallest absolute Gasteiger partial charge is 0.239 e. The van der Waals surface area contributed by atoms with Gasteiger partial charge >= 0.3 is 0 Å². The maximum absolute atomic E-state index is 12.1. The normalized spacial score (nSPS) is 19.7. The van der Waals surface area contributed by atoms with Gasteiger partial charge in [-0.2, -0.15) is 5.10 Å². The van der Waals surface area contributed by atoms with Crippen molar-refractivity contribution in [2.24, 2.45) is 5.92 Å². The molecule has 0 spiro atoms. The van der Waals surface area contributed by atoms with Gasteiger partial charge in [-0.1, -0.05) is 0 Å². The van der Waals surface area contributed by atoms with Gasteiger partial charge < -0.3 is 10.4 Å². The van der Waals surface area contributed by atoms with Gasteiger partial charge in [0.25, 0.3) is 0 Å². The van der Waals surface area contributed by atoms with Crippen LogP contribution < -0.4 is 5.32 Å². The van der Waals surface area contributed by atoms with Gasteiger partial charge in [-0.3, -0.25) is 9.69 Å². The summed E-state index contributed by atoms with van der Waals surface area (Å²) in [5.41, 5.74) is 0. The van der Waals surface area contributed by atoms with Gasteiger partial charge in [0.15, 0.2) is 0 Å². The highest BCUT2D eigenvalue weighted by Gasteiger charge is 2.23. The summed E-state index contributed by atoms with van der Waals surface area (Å²) < 4.78 is 1.80. The Morgan fingerprint density at radius 3 is 3.10 bits per heavy atom. The van der Waals surface area contributed by atoms with Crippen molar-refractivity contribution in [1.82, 2.24) is 14.7 Å². The van der Waals surface area contributed by atoms with E-state index in [-0.39, 0.29) is 18.6 Å². The summed E-state index contributed by atoms with van der Waals surface area (Å²) in [7, 11) is 0. The predicted molar refractivity (Wildman–Crippen MR) is 77.5 cm³/mol. The molecule has 2 N–H and O–H groups in total. The van der Waals surface area contributed by atoms with Gasteiger partial charge in [-0.25, -0.2) is 4.68 Å². The molecule has 2 heterocycles. The molecule has 2 rings (SSSR count). The topological polar surface area (TPSA) is 70.4 Å². The zero-order valence-electron chi connectivity index (χ0n) is 12.2. The van der Waals surface area contributed by atoms with Crippen molar-refractivity contribution in [2.45, 2.75) is 32.7 Å². The SMILES string of the molecule is CC(C)n1nccc1NC(=O)CN1CCC(CCO)C1. The maximum atomic E-state index is 12.1. The van der Waals surface area contributed by atoms with Crippen molar-refractivity contribution in [3.8, 4) is 0 Å². The molecular weight excluding hydrogens is 256 g/mol. The molecular formula is C14H24N4O2. The summed E-state index contributed by atoms with van der Waals surface area (Å²) >= 11 is 0. The lowest BCUT2D eigenvalue weighted by Crippen LogP contribution is -2.32. The fourth-order valence-electron chi connectivity index (χ4n) is 2.68. The molecule has 0 saturated carbocycles. The van der Waals surface area contributed by atoms with E-state index in [4.69, 9.17) is 5.11 Å². The lowest BCUT2D eigenvalue weighted by molar-refractivity contribution is -0.117. The number of carbonyl (C=O) groups is 1. The van der Waals surface area contributed by atoms with E-state index in [9.17, 15) is 4.79 Å². The third kappa shape index (κ3) is 3.80. The third-order valence-corrected chi connectivity index (χ3v) is 3.70. The van der Waals surface area contributed by atoms with E-state index >= 15 is 0 Å². The van der Waals surface area contributed by atoms with Gasteiger partial charge in [0, 0.05) is 25.3 Å². The molecule has 1 fully saturated rings. The third-order valence-electron chi connectivity index (χ3n) is 3.70. The molecule has 1 aromatic rings. The Labute approximate surface area is 119 Å². The van der Waals surface area contributed by atoms with Gasteiger partial charge in [0.1, 0.15) is 5.82 Å². The van der Waals surface area contributed by atoms with Gasteiger partial charge in [-0.05, 0) is 39.2 Å². The lowest BCUT2D eigenvalue weighted by atomic mass is 10.1. The highest BCUT2D eigenvalue weighted by Crippen LogP contribution is 2.19. The summed E-state index contributed by atoms with van der Waals surface area (Å²) in [6.07, 6.45) is 3.60. The van der Waals surface area contributed by atoms with Crippen LogP contribution in [0.3, 0.4) is 0 Å². The number of nitrogens with one attached hydrogen (secondary N) is 1. The van der Waals surface area contributed by atoms with Crippen molar-refractivity contribution in [3.63, 3.8) is 0 Å². The van der Waals surface area contributed by atoms with E-state index in [0.717, 1.165) is 31.7 Å². The van der Waals surface area contributed by atoms with E-state index in [1.807, 2.05) is 19.9 Å². The minimum atomic E-state index is -0.00273. The van der Waals surface area contributed by atoms with E-state index in [2.05, 4.69) is 15.3 Å². The van der Waals surface area contributed by atoms with Crippen LogP contribution >= 0.6 is 0 Å². The highest BCUT2D eigenvalue weighted by atomic mass is 16.3. The Hall–Kier alpha value is -1.40. The molecule has 1 unspecified atom stereocenters. The predicted octanol–water partition coefficient (Wildman–Crippen LogP) is 1.11. The fourth-order valence-corrected chi connectivity index (χ4v) is 2.68. The molecule has 112 valence electrons. The molecule has 0 radical (unpaired) electrons. The maximum Gasteiger partial charge on any atom is 0.239 e. The molecule has 1 aliphatic heterocycles. The minimum Gasteiger partial charge on any atom is -0.396 e. The molecule has 1 amide bonds. The number of aliphatic hydroxyl groups is 1. The van der Waals surface area contributed by atoms with Crippen LogP contribution in [0.15, 0.2) is 12.3 Å². The summed E-state index contributed by atoms with van der Waals surface area (Å²) in [6.45, 7) is 6.54. The molecule has 0 aromatic carbocycles. The minimum absolute atomic E-state index is 0.00273. The number of likely N-dealkylation sites (tertiary alicyclic amines) is 1. The molecule has 1 aliphatic rings. The summed E-state index contributed by atoms with van der Waals surface area (Å²) in [6, 6.07) is 2.04. The largest absolute Gasteiger partial charge is 0.396 e. The van der Waals surface area contributed by atoms with Crippen LogP contribution in [0, 0.1) is 5.92 Å². The number of aliphatic hydroxyl groups excluding tert-OH is 1. The summed E-state index contributed by atoms with van der Waals surface area (Å²) in [5, 5.41) is 16.1. The number of aromatic nitrogens is 2. The molecule has 0 aliphatic carbocycles. The Morgan fingerprint density at radius 2 is 2.40 bits per heavy atom. The number of hydrogen-bond acceptors (Lipinski definition) is 4. The molecule has 0 bridgehead atoms. The van der Waals surface area contributed by atoms with E-state index in [0.29, 0.717) is 12.5 Å². The number of anilines is 1. The number of amides is 1. The average Bonchev–Trinajstić information content (AvgIpc) is 2.99. The summed E-state index contributed by atoms with van der Waals surface area (Å²) in [5.74, 6) is 1.27. The second-order valence-corrected chi connectivity index (χ2v) is 5.71. The summed E-state index contributed by atoms with van der Waals surface area (Å²) in [4.78, 5) is 14.2. The number of rotatable bonds is 6. The van der Waals surface area contributed by atoms with Gasteiger partial charge in [0.05, 0.1) is 12.7 Å². The van der Waals surface area contributed by atoms with Crippen LogP contribution in [-0.2, 0) is 4.79 Å². The van der Waals surface area contributed by atoms with Gasteiger partial charge in [-0.15, -0.1) is 0 Å². The zero-order chi connectivity index (χ0) is 14.5. The van der Waals surface area contributed by atoms with Crippen molar-refractivity contribution in [2.75, 3.05) is 31.6 Å². The van der Waals surface area contributed by atoms with E-state index < -0.39 is 0 Å². The number of nitrogens with zero attached hydrogens (tertiary/aromatic N) is 3. The fraction of sp³-hybridized carbons (Fsp3) is 0.714. The second kappa shape index (κ2) is 6.85. The highest BCUT2D eigenvalue weighted by molar-refractivity contribution is 5.91. The Bertz CT molecular complexity index is 444. The first-order valence-electron chi connectivity index (χ1n) is 7.26. The van der Waals surface area contributed by atoms with Crippen LogP contribution in [0.25, 0.3) is 0 Å². The molecule has 6 nitrogen and oxygen atoms in total. The van der Waals surface area contributed by atoms with Crippen LogP contribution in [-0.4, -0.2) is 51.9 Å². The van der Waals surface area contributed by atoms with Crippen LogP contribution in [0.4, 0.5) is 5.82 Å². The van der Waals surface area contributed by atoms with Crippen LogP contribution in [0.5, 0.6) is 0 Å². The van der Waals surface area contributed by atoms with Gasteiger partial charge in [0.2, 0.25) is 5.91 Å². The first-order chi connectivity index (χ1) is 9.60. The monoisotopic (exact) mass is 280 g/mol. The van der Waals surface area contributed by atoms with Crippen molar-refractivity contribution in [1.29, 1.82) is 0 Å². The van der Waals surface area contributed by atoms with E-state index in [1.54, 1.807) is 10.9 Å². The standard InChI is InChI=1S/C14H24N4O2/c1-11(2)18-13(3-6-15-18)16-14(20)10-17-7-4-12(9-17)5-8-19/h3,6,11-12,19H,4-5,7-10H2,1-2H3,(H,16,20). The number of hydrogen-bond donors (Lipinski definition) is 2. The van der Waals surface area contributed by atoms with Crippen LogP contribution in [0.2, 0.25) is 0 Å². The van der Waals surface area contributed by atoms with Crippen LogP contribution in [0.1, 0.15) is 32.7 Å². The Morgan fingerprint density at radius 1 is 1.60 bits per heavy atom. The molecule has 1 atom stereocenters. The quantitative estimate of drug-likeness (QED) is 0.819.